The fraction of sp³-hybridized carbons (Fsp3) is 0.190. The topological polar surface area (TPSA) is 71.1 Å². The maximum Gasteiger partial charge on any atom is 0.261 e. The summed E-state index contributed by atoms with van der Waals surface area (Å²) < 4.78 is 27.6. The Morgan fingerprint density at radius 2 is 1.63 bits per heavy atom. The van der Waals surface area contributed by atoms with E-state index in [2.05, 4.69) is 46.2 Å². The number of nitrogens with zero attached hydrogens (tertiary/aromatic N) is 1. The number of hydrogen-bond donors (Lipinski definition) is 2. The largest absolute Gasteiger partial charge is 0.366 e. The van der Waals surface area contributed by atoms with Crippen molar-refractivity contribution in [3.8, 4) is 0 Å². The van der Waals surface area contributed by atoms with E-state index >= 15 is 0 Å². The Balaban J connectivity index is 1.66. The first-order valence-corrected chi connectivity index (χ1v) is 10.2. The van der Waals surface area contributed by atoms with Gasteiger partial charge in [-0.15, -0.1) is 0 Å². The van der Waals surface area contributed by atoms with Gasteiger partial charge in [-0.1, -0.05) is 35.9 Å². The van der Waals surface area contributed by atoms with Gasteiger partial charge in [0.05, 0.1) is 16.8 Å². The third-order valence-electron chi connectivity index (χ3n) is 4.40. The quantitative estimate of drug-likeness (QED) is 0.663. The first kappa shape index (κ1) is 18.9. The van der Waals surface area contributed by atoms with Crippen molar-refractivity contribution in [2.24, 2.45) is 0 Å². The van der Waals surface area contributed by atoms with E-state index in [4.69, 9.17) is 0 Å². The molecule has 0 saturated heterocycles. The molecule has 0 amide bonds. The van der Waals surface area contributed by atoms with Gasteiger partial charge in [0.2, 0.25) is 0 Å². The molecule has 0 fully saturated rings. The molecular weight excluding hydrogens is 358 g/mol. The molecule has 0 aliphatic heterocycles. The maximum absolute atomic E-state index is 12.5. The molecule has 0 unspecified atom stereocenters. The van der Waals surface area contributed by atoms with Gasteiger partial charge in [-0.25, -0.2) is 13.4 Å². The molecule has 27 heavy (non-hydrogen) atoms. The van der Waals surface area contributed by atoms with Gasteiger partial charge in [-0.3, -0.25) is 4.72 Å². The minimum absolute atomic E-state index is 0.243. The zero-order valence-electron chi connectivity index (χ0n) is 15.7. The number of sulfonamides is 1. The standard InChI is InChI=1S/C21H23N3O2S/c1-15-4-7-18(8-5-15)13-22-21-11-9-19(14-23-21)24-27(25,26)20-10-6-16(2)17(3)12-20/h4-12,14,24H,13H2,1-3H3,(H,22,23). The van der Waals surface area contributed by atoms with Crippen LogP contribution in [-0.2, 0) is 16.6 Å². The lowest BCUT2D eigenvalue weighted by atomic mass is 10.1. The molecule has 6 heteroatoms. The van der Waals surface area contributed by atoms with Gasteiger partial charge in [-0.05, 0) is 61.7 Å². The highest BCUT2D eigenvalue weighted by atomic mass is 32.2. The lowest BCUT2D eigenvalue weighted by molar-refractivity contribution is 0.601. The second-order valence-electron chi connectivity index (χ2n) is 6.62. The molecule has 0 aliphatic carbocycles. The van der Waals surface area contributed by atoms with E-state index in [0.717, 1.165) is 16.7 Å². The van der Waals surface area contributed by atoms with Crippen molar-refractivity contribution in [1.82, 2.24) is 4.98 Å². The van der Waals surface area contributed by atoms with Crippen LogP contribution in [0.5, 0.6) is 0 Å². The fourth-order valence-corrected chi connectivity index (χ4v) is 3.68. The van der Waals surface area contributed by atoms with Crippen LogP contribution in [0.2, 0.25) is 0 Å². The van der Waals surface area contributed by atoms with Crippen LogP contribution in [0.15, 0.2) is 65.7 Å². The van der Waals surface area contributed by atoms with Gasteiger partial charge in [0.1, 0.15) is 5.82 Å². The van der Waals surface area contributed by atoms with Crippen molar-refractivity contribution in [3.63, 3.8) is 0 Å². The molecule has 140 valence electrons. The monoisotopic (exact) mass is 381 g/mol. The number of pyridine rings is 1. The van der Waals surface area contributed by atoms with Crippen molar-refractivity contribution < 1.29 is 8.42 Å². The minimum Gasteiger partial charge on any atom is -0.366 e. The molecule has 2 N–H and O–H groups in total. The average Bonchev–Trinajstić information content (AvgIpc) is 2.64. The number of rotatable bonds is 6. The van der Waals surface area contributed by atoms with Crippen LogP contribution in [0.4, 0.5) is 11.5 Å². The van der Waals surface area contributed by atoms with E-state index in [1.165, 1.54) is 11.8 Å². The molecule has 0 bridgehead atoms. The molecule has 3 rings (SSSR count). The predicted molar refractivity (Wildman–Crippen MR) is 109 cm³/mol. The summed E-state index contributed by atoms with van der Waals surface area (Å²) in [5.74, 6) is 0.685. The molecule has 3 aromatic rings. The third kappa shape index (κ3) is 4.86. The molecule has 0 radical (unpaired) electrons. The van der Waals surface area contributed by atoms with Crippen molar-refractivity contribution in [2.45, 2.75) is 32.2 Å². The molecular formula is C21H23N3O2S. The SMILES string of the molecule is Cc1ccc(CNc2ccc(NS(=O)(=O)c3ccc(C)c(C)c3)cn2)cc1. The smallest absolute Gasteiger partial charge is 0.261 e. The number of aromatic nitrogens is 1. The fourth-order valence-electron chi connectivity index (χ4n) is 2.55. The summed E-state index contributed by atoms with van der Waals surface area (Å²) in [7, 11) is -3.64. The zero-order valence-corrected chi connectivity index (χ0v) is 16.5. The summed E-state index contributed by atoms with van der Waals surface area (Å²) in [4.78, 5) is 4.53. The van der Waals surface area contributed by atoms with Gasteiger partial charge >= 0.3 is 0 Å². The van der Waals surface area contributed by atoms with Crippen molar-refractivity contribution in [3.05, 3.63) is 83.0 Å². The molecule has 0 aliphatic rings. The van der Waals surface area contributed by atoms with Gasteiger partial charge < -0.3 is 5.32 Å². The molecule has 1 aromatic heterocycles. The number of benzene rings is 2. The molecule has 0 atom stereocenters. The van der Waals surface area contributed by atoms with E-state index in [9.17, 15) is 8.42 Å². The van der Waals surface area contributed by atoms with Crippen LogP contribution in [0, 0.1) is 20.8 Å². The van der Waals surface area contributed by atoms with E-state index in [0.29, 0.717) is 18.1 Å². The van der Waals surface area contributed by atoms with E-state index in [1.54, 1.807) is 30.3 Å². The van der Waals surface area contributed by atoms with E-state index in [-0.39, 0.29) is 4.90 Å². The van der Waals surface area contributed by atoms with Gasteiger partial charge in [0.15, 0.2) is 0 Å². The van der Waals surface area contributed by atoms with Crippen LogP contribution in [0.3, 0.4) is 0 Å². The Labute approximate surface area is 160 Å². The highest BCUT2D eigenvalue weighted by Gasteiger charge is 2.15. The van der Waals surface area contributed by atoms with Gasteiger partial charge in [0, 0.05) is 6.54 Å². The number of anilines is 2. The number of aryl methyl sites for hydroxylation is 3. The zero-order chi connectivity index (χ0) is 19.4. The Bertz CT molecular complexity index is 1030. The number of hydrogen-bond acceptors (Lipinski definition) is 4. The summed E-state index contributed by atoms with van der Waals surface area (Å²) in [6, 6.07) is 16.8. The Morgan fingerprint density at radius 3 is 2.26 bits per heavy atom. The third-order valence-corrected chi connectivity index (χ3v) is 5.78. The van der Waals surface area contributed by atoms with Crippen LogP contribution >= 0.6 is 0 Å². The average molecular weight is 382 g/mol. The highest BCUT2D eigenvalue weighted by molar-refractivity contribution is 7.92. The van der Waals surface area contributed by atoms with Crippen LogP contribution in [0.1, 0.15) is 22.3 Å². The Morgan fingerprint density at radius 1 is 0.889 bits per heavy atom. The van der Waals surface area contributed by atoms with Crippen LogP contribution in [-0.4, -0.2) is 13.4 Å². The van der Waals surface area contributed by atoms with Crippen molar-refractivity contribution in [1.29, 1.82) is 0 Å². The van der Waals surface area contributed by atoms with Crippen molar-refractivity contribution in [2.75, 3.05) is 10.0 Å². The summed E-state index contributed by atoms with van der Waals surface area (Å²) >= 11 is 0. The molecule has 0 spiro atoms. The minimum atomic E-state index is -3.64. The molecule has 0 saturated carbocycles. The van der Waals surface area contributed by atoms with E-state index < -0.39 is 10.0 Å². The first-order chi connectivity index (χ1) is 12.8. The summed E-state index contributed by atoms with van der Waals surface area (Å²) in [5, 5.41) is 3.23. The molecule has 5 nitrogen and oxygen atoms in total. The molecule has 1 heterocycles. The highest BCUT2D eigenvalue weighted by Crippen LogP contribution is 2.19. The van der Waals surface area contributed by atoms with E-state index in [1.807, 2.05) is 13.8 Å². The lowest BCUT2D eigenvalue weighted by Crippen LogP contribution is -2.13. The first-order valence-electron chi connectivity index (χ1n) is 8.69. The normalized spacial score (nSPS) is 11.2. The summed E-state index contributed by atoms with van der Waals surface area (Å²) in [5.41, 5.74) is 4.79. The second kappa shape index (κ2) is 7.80. The Kier molecular flexibility index (Phi) is 5.46. The van der Waals surface area contributed by atoms with Crippen molar-refractivity contribution >= 4 is 21.5 Å². The van der Waals surface area contributed by atoms with Gasteiger partial charge in [0.25, 0.3) is 10.0 Å². The van der Waals surface area contributed by atoms with Crippen LogP contribution in [0.25, 0.3) is 0 Å². The second-order valence-corrected chi connectivity index (χ2v) is 8.31. The predicted octanol–water partition coefficient (Wildman–Crippen LogP) is 4.42. The van der Waals surface area contributed by atoms with Gasteiger partial charge in [-0.2, -0.15) is 0 Å². The summed E-state index contributed by atoms with van der Waals surface area (Å²) in [6.45, 7) is 6.55. The maximum atomic E-state index is 12.5. The van der Waals surface area contributed by atoms with Crippen LogP contribution < -0.4 is 10.0 Å². The summed E-state index contributed by atoms with van der Waals surface area (Å²) in [6.07, 6.45) is 1.51. The molecule has 2 aromatic carbocycles. The number of nitrogens with one attached hydrogen (secondary N) is 2. The lowest BCUT2D eigenvalue weighted by Gasteiger charge is -2.11. The Hall–Kier alpha value is -2.86.